The van der Waals surface area contributed by atoms with E-state index in [1.54, 1.807) is 13.0 Å². The maximum Gasteiger partial charge on any atom is 0.242 e. The van der Waals surface area contributed by atoms with Crippen LogP contribution in [0.3, 0.4) is 0 Å². The monoisotopic (exact) mass is 341 g/mol. The lowest BCUT2D eigenvalue weighted by Gasteiger charge is -2.38. The molecule has 0 spiro atoms. The summed E-state index contributed by atoms with van der Waals surface area (Å²) in [5, 5.41) is 10.2. The first kappa shape index (κ1) is 17.7. The Morgan fingerprint density at radius 3 is 2.84 bits per heavy atom. The van der Waals surface area contributed by atoms with Gasteiger partial charge in [0.2, 0.25) is 5.91 Å². The zero-order valence-corrected chi connectivity index (χ0v) is 15.4. The zero-order valence-electron chi connectivity index (χ0n) is 15.4. The summed E-state index contributed by atoms with van der Waals surface area (Å²) in [6.07, 6.45) is 2.84. The Morgan fingerprint density at radius 1 is 1.40 bits per heavy atom. The molecule has 1 heterocycles. The predicted octanol–water partition coefficient (Wildman–Crippen LogP) is 4.10. The number of nitrogens with one attached hydrogen (secondary N) is 2. The number of benzene rings is 1. The second kappa shape index (κ2) is 7.00. The number of carbonyl (C=O) groups excluding carboxylic acids is 1. The van der Waals surface area contributed by atoms with Crippen LogP contribution in [0.5, 0.6) is 0 Å². The van der Waals surface area contributed by atoms with Crippen LogP contribution < -0.4 is 10.6 Å². The van der Waals surface area contributed by atoms with E-state index in [0.717, 1.165) is 12.8 Å². The summed E-state index contributed by atoms with van der Waals surface area (Å²) in [5.74, 6) is 1.07. The van der Waals surface area contributed by atoms with Crippen molar-refractivity contribution in [1.29, 1.82) is 0 Å². The quantitative estimate of drug-likeness (QED) is 0.859. The molecule has 0 fully saturated rings. The summed E-state index contributed by atoms with van der Waals surface area (Å²) in [6.45, 7) is 8.40. The molecule has 1 aromatic carbocycles. The zero-order chi connectivity index (χ0) is 18.0. The second-order valence-corrected chi connectivity index (χ2v) is 7.50. The van der Waals surface area contributed by atoms with Crippen molar-refractivity contribution in [3.05, 3.63) is 47.2 Å². The van der Waals surface area contributed by atoms with Crippen molar-refractivity contribution in [3.8, 4) is 0 Å². The van der Waals surface area contributed by atoms with Crippen LogP contribution >= 0.6 is 0 Å². The van der Waals surface area contributed by atoms with Crippen LogP contribution in [0.25, 0.3) is 0 Å². The Morgan fingerprint density at radius 2 is 2.16 bits per heavy atom. The predicted molar refractivity (Wildman–Crippen MR) is 98.5 cm³/mol. The Kier molecular flexibility index (Phi) is 4.95. The molecule has 25 heavy (non-hydrogen) atoms. The Balaban J connectivity index is 1.74. The lowest BCUT2D eigenvalue weighted by molar-refractivity contribution is -0.118. The molecule has 0 saturated carbocycles. The van der Waals surface area contributed by atoms with Gasteiger partial charge >= 0.3 is 0 Å². The van der Waals surface area contributed by atoms with Gasteiger partial charge in [-0.3, -0.25) is 10.1 Å². The van der Waals surface area contributed by atoms with Gasteiger partial charge in [0.1, 0.15) is 5.76 Å². The van der Waals surface area contributed by atoms with E-state index in [1.165, 1.54) is 11.1 Å². The molecule has 0 bridgehead atoms. The first-order valence-electron chi connectivity index (χ1n) is 9.00. The van der Waals surface area contributed by atoms with Gasteiger partial charge in [0, 0.05) is 12.1 Å². The van der Waals surface area contributed by atoms with Gasteiger partial charge in [-0.25, -0.2) is 0 Å². The number of hydrogen-bond acceptors (Lipinski definition) is 4. The summed E-state index contributed by atoms with van der Waals surface area (Å²) in [6, 6.07) is 10.2. The molecule has 2 aromatic rings. The highest BCUT2D eigenvalue weighted by atomic mass is 16.5. The normalized spacial score (nSPS) is 19.9. The first-order valence-corrected chi connectivity index (χ1v) is 9.00. The lowest BCUT2D eigenvalue weighted by atomic mass is 9.71. The molecular weight excluding hydrogens is 314 g/mol. The number of hydrogen-bond donors (Lipinski definition) is 2. The van der Waals surface area contributed by atoms with E-state index in [0.29, 0.717) is 18.0 Å². The van der Waals surface area contributed by atoms with Crippen LogP contribution in [0.4, 0.5) is 5.82 Å². The van der Waals surface area contributed by atoms with E-state index in [9.17, 15) is 4.79 Å². The van der Waals surface area contributed by atoms with Crippen LogP contribution in [0, 0.1) is 6.92 Å². The molecule has 1 amide bonds. The number of carbonyl (C=O) groups is 1. The van der Waals surface area contributed by atoms with E-state index < -0.39 is 0 Å². The second-order valence-electron chi connectivity index (χ2n) is 7.50. The highest BCUT2D eigenvalue weighted by Gasteiger charge is 2.33. The van der Waals surface area contributed by atoms with Crippen molar-refractivity contribution in [2.24, 2.45) is 0 Å². The van der Waals surface area contributed by atoms with Gasteiger partial charge in [0.25, 0.3) is 0 Å². The fourth-order valence-corrected chi connectivity index (χ4v) is 3.65. The standard InChI is InChI=1S/C20H27N3O2/c1-5-16(19(24)22-18-12-13(2)25-23-18)21-17-10-11-20(3,4)15-9-7-6-8-14(15)17/h6-9,12,16-17,21H,5,10-11H2,1-4H3,(H,22,23,24). The van der Waals surface area contributed by atoms with E-state index in [1.807, 2.05) is 6.92 Å². The van der Waals surface area contributed by atoms with Gasteiger partial charge in [-0.05, 0) is 42.7 Å². The summed E-state index contributed by atoms with van der Waals surface area (Å²) < 4.78 is 5.01. The van der Waals surface area contributed by atoms with Crippen LogP contribution in [-0.2, 0) is 10.2 Å². The van der Waals surface area contributed by atoms with Crippen LogP contribution in [0.1, 0.15) is 63.0 Å². The third-order valence-electron chi connectivity index (χ3n) is 5.13. The van der Waals surface area contributed by atoms with E-state index in [2.05, 4.69) is 53.9 Å². The van der Waals surface area contributed by atoms with Crippen LogP contribution in [0.2, 0.25) is 0 Å². The minimum atomic E-state index is -0.267. The van der Waals surface area contributed by atoms with Gasteiger partial charge in [0.15, 0.2) is 5.82 Å². The van der Waals surface area contributed by atoms with Crippen molar-refractivity contribution in [2.45, 2.75) is 64.5 Å². The molecule has 2 unspecified atom stereocenters. The molecule has 0 aliphatic heterocycles. The first-order chi connectivity index (χ1) is 11.9. The Hall–Kier alpha value is -2.14. The molecule has 3 rings (SSSR count). The average Bonchev–Trinajstić information content (AvgIpc) is 2.99. The van der Waals surface area contributed by atoms with E-state index >= 15 is 0 Å². The summed E-state index contributed by atoms with van der Waals surface area (Å²) in [7, 11) is 0. The Bertz CT molecular complexity index is 751. The van der Waals surface area contributed by atoms with Crippen LogP contribution in [-0.4, -0.2) is 17.1 Å². The number of aromatic nitrogens is 1. The summed E-state index contributed by atoms with van der Waals surface area (Å²) >= 11 is 0. The van der Waals surface area contributed by atoms with Crippen molar-refractivity contribution >= 4 is 11.7 Å². The van der Waals surface area contributed by atoms with Crippen LogP contribution in [0.15, 0.2) is 34.9 Å². The fraction of sp³-hybridized carbons (Fsp3) is 0.500. The fourth-order valence-electron chi connectivity index (χ4n) is 3.65. The minimum Gasteiger partial charge on any atom is -0.360 e. The van der Waals surface area contributed by atoms with Crippen molar-refractivity contribution in [1.82, 2.24) is 10.5 Å². The summed E-state index contributed by atoms with van der Waals surface area (Å²) in [5.41, 5.74) is 2.86. The number of fused-ring (bicyclic) bond motifs is 1. The Labute approximate surface area is 149 Å². The molecule has 2 atom stereocenters. The number of amides is 1. The van der Waals surface area contributed by atoms with Gasteiger partial charge in [-0.1, -0.05) is 50.2 Å². The third kappa shape index (κ3) is 3.76. The molecule has 1 aromatic heterocycles. The smallest absolute Gasteiger partial charge is 0.242 e. The van der Waals surface area contributed by atoms with Gasteiger partial charge < -0.3 is 9.84 Å². The van der Waals surface area contributed by atoms with Crippen molar-refractivity contribution in [2.75, 3.05) is 5.32 Å². The molecular formula is C20H27N3O2. The molecule has 1 aliphatic carbocycles. The van der Waals surface area contributed by atoms with E-state index in [-0.39, 0.29) is 23.4 Å². The van der Waals surface area contributed by atoms with Gasteiger partial charge in [0.05, 0.1) is 6.04 Å². The maximum absolute atomic E-state index is 12.6. The number of rotatable bonds is 5. The molecule has 5 nitrogen and oxygen atoms in total. The number of anilines is 1. The molecule has 0 saturated heterocycles. The van der Waals surface area contributed by atoms with Crippen molar-refractivity contribution in [3.63, 3.8) is 0 Å². The maximum atomic E-state index is 12.6. The largest absolute Gasteiger partial charge is 0.360 e. The molecule has 5 heteroatoms. The average molecular weight is 341 g/mol. The van der Waals surface area contributed by atoms with E-state index in [4.69, 9.17) is 4.52 Å². The minimum absolute atomic E-state index is 0.0712. The lowest BCUT2D eigenvalue weighted by Crippen LogP contribution is -2.44. The summed E-state index contributed by atoms with van der Waals surface area (Å²) in [4.78, 5) is 12.6. The molecule has 1 aliphatic rings. The topological polar surface area (TPSA) is 67.2 Å². The molecule has 2 N–H and O–H groups in total. The third-order valence-corrected chi connectivity index (χ3v) is 5.13. The molecule has 134 valence electrons. The van der Waals surface area contributed by atoms with Gasteiger partial charge in [-0.2, -0.15) is 0 Å². The highest BCUT2D eigenvalue weighted by Crippen LogP contribution is 2.41. The molecule has 0 radical (unpaired) electrons. The number of aryl methyl sites for hydroxylation is 1. The number of nitrogens with zero attached hydrogens (tertiary/aromatic N) is 1. The highest BCUT2D eigenvalue weighted by molar-refractivity contribution is 5.94. The SMILES string of the molecule is CCC(NC1CCC(C)(C)c2ccccc21)C(=O)Nc1cc(C)on1. The van der Waals surface area contributed by atoms with Crippen molar-refractivity contribution < 1.29 is 9.32 Å². The van der Waals surface area contributed by atoms with Gasteiger partial charge in [-0.15, -0.1) is 0 Å².